The minimum atomic E-state index is 1.36. The molecule has 0 aromatic carbocycles. The van der Waals surface area contributed by atoms with E-state index in [1.54, 1.807) is 0 Å². The maximum absolute atomic E-state index is 2.26. The summed E-state index contributed by atoms with van der Waals surface area (Å²) in [6.45, 7) is 2.26. The molecule has 0 saturated heterocycles. The third kappa shape index (κ3) is 1.50. The summed E-state index contributed by atoms with van der Waals surface area (Å²) in [6.07, 6.45) is 8.58. The Labute approximate surface area is 52.3 Å². The second-order valence-corrected chi connectivity index (χ2v) is 2.71. The number of hydrogen-bond donors (Lipinski definition) is 0. The first-order chi connectivity index (χ1) is 3.93. The molecule has 0 heteroatoms. The normalized spacial score (nSPS) is 20.6. The summed E-state index contributed by atoms with van der Waals surface area (Å²) in [7, 11) is 0. The van der Waals surface area contributed by atoms with E-state index in [4.69, 9.17) is 0 Å². The Morgan fingerprint density at radius 2 is 2.12 bits per heavy atom. The molecule has 0 atom stereocenters. The van der Waals surface area contributed by atoms with Crippen molar-refractivity contribution in [3.63, 3.8) is 0 Å². The Kier molecular flexibility index (Phi) is 2.38. The van der Waals surface area contributed by atoms with Gasteiger partial charge < -0.3 is 0 Å². The molecule has 8 heavy (non-hydrogen) atoms. The van der Waals surface area contributed by atoms with Gasteiger partial charge in [0.15, 0.2) is 0 Å². The highest BCUT2D eigenvalue weighted by Gasteiger charge is 2.16. The van der Waals surface area contributed by atoms with Crippen LogP contribution in [0.25, 0.3) is 0 Å². The minimum Gasteiger partial charge on any atom is -0.0654 e. The predicted octanol–water partition coefficient (Wildman–Crippen LogP) is 2.93. The van der Waals surface area contributed by atoms with Crippen LogP contribution in [-0.2, 0) is 0 Å². The molecule has 1 fully saturated rings. The van der Waals surface area contributed by atoms with Gasteiger partial charge in [-0.25, -0.2) is 0 Å². The summed E-state index contributed by atoms with van der Waals surface area (Å²) in [4.78, 5) is 0. The zero-order valence-electron chi connectivity index (χ0n) is 5.74. The van der Waals surface area contributed by atoms with E-state index in [9.17, 15) is 0 Å². The molecule has 0 spiro atoms. The highest BCUT2D eigenvalue weighted by molar-refractivity contribution is 4.97. The Hall–Kier alpha value is 0. The predicted molar refractivity (Wildman–Crippen MR) is 36.6 cm³/mol. The summed E-state index contributed by atoms with van der Waals surface area (Å²) >= 11 is 0. The highest BCUT2D eigenvalue weighted by atomic mass is 14.2. The average molecular weight is 111 g/mol. The largest absolute Gasteiger partial charge is 0.0654 e. The summed E-state index contributed by atoms with van der Waals surface area (Å²) in [5, 5.41) is 0. The first-order valence-electron chi connectivity index (χ1n) is 3.77. The van der Waals surface area contributed by atoms with Crippen LogP contribution in [0.15, 0.2) is 0 Å². The summed E-state index contributed by atoms with van der Waals surface area (Å²) in [5.74, 6) is 1.83. The molecule has 0 aromatic rings. The van der Waals surface area contributed by atoms with Gasteiger partial charge in [0.25, 0.3) is 0 Å². The topological polar surface area (TPSA) is 0 Å². The quantitative estimate of drug-likeness (QED) is 0.525. The lowest BCUT2D eigenvalue weighted by molar-refractivity contribution is 0.492. The second-order valence-electron chi connectivity index (χ2n) is 2.71. The van der Waals surface area contributed by atoms with Gasteiger partial charge in [0.2, 0.25) is 0 Å². The van der Waals surface area contributed by atoms with Crippen molar-refractivity contribution in [1.29, 1.82) is 0 Å². The average Bonchev–Trinajstić information content (AvgIpc) is 1.63. The van der Waals surface area contributed by atoms with Gasteiger partial charge in [0.1, 0.15) is 0 Å². The molecule has 47 valence electrons. The monoisotopic (exact) mass is 111 g/mol. The first kappa shape index (κ1) is 6.12. The van der Waals surface area contributed by atoms with Crippen molar-refractivity contribution >= 4 is 0 Å². The van der Waals surface area contributed by atoms with E-state index in [1.807, 2.05) is 5.92 Å². The molecule has 0 N–H and O–H groups in total. The van der Waals surface area contributed by atoms with Crippen molar-refractivity contribution in [2.45, 2.75) is 45.4 Å². The molecule has 1 aliphatic carbocycles. The van der Waals surface area contributed by atoms with Crippen molar-refractivity contribution in [1.82, 2.24) is 0 Å². The molecule has 1 aliphatic rings. The van der Waals surface area contributed by atoms with Crippen LogP contribution in [0.2, 0.25) is 0 Å². The fraction of sp³-hybridized carbons (Fsp3) is 0.875. The molecule has 0 nitrogen and oxygen atoms in total. The molecular weight excluding hydrogens is 96.1 g/mol. The van der Waals surface area contributed by atoms with E-state index in [2.05, 4.69) is 6.92 Å². The van der Waals surface area contributed by atoms with Crippen molar-refractivity contribution in [2.24, 2.45) is 0 Å². The lowest BCUT2D eigenvalue weighted by Crippen LogP contribution is -2.07. The van der Waals surface area contributed by atoms with E-state index >= 15 is 0 Å². The smallest absolute Gasteiger partial charge is 0.0241 e. The molecule has 0 aromatic heterocycles. The Morgan fingerprint density at radius 1 is 1.38 bits per heavy atom. The highest BCUT2D eigenvalue weighted by Crippen LogP contribution is 2.32. The van der Waals surface area contributed by atoms with Gasteiger partial charge >= 0.3 is 0 Å². The molecule has 1 radical (unpaired) electrons. The van der Waals surface area contributed by atoms with Crippen LogP contribution in [0.4, 0.5) is 0 Å². The number of hydrogen-bond acceptors (Lipinski definition) is 0. The van der Waals surface area contributed by atoms with Gasteiger partial charge in [-0.3, -0.25) is 0 Å². The maximum Gasteiger partial charge on any atom is -0.0241 e. The van der Waals surface area contributed by atoms with Crippen molar-refractivity contribution < 1.29 is 0 Å². The van der Waals surface area contributed by atoms with E-state index < -0.39 is 0 Å². The van der Waals surface area contributed by atoms with Gasteiger partial charge in [0.05, 0.1) is 0 Å². The zero-order chi connectivity index (χ0) is 5.82. The zero-order valence-corrected chi connectivity index (χ0v) is 5.74. The molecule has 1 rings (SSSR count). The van der Waals surface area contributed by atoms with Crippen molar-refractivity contribution in [3.8, 4) is 0 Å². The minimum absolute atomic E-state index is 1.36. The Bertz CT molecular complexity index is 53.1. The maximum atomic E-state index is 2.26. The fourth-order valence-corrected chi connectivity index (χ4v) is 1.10. The van der Waals surface area contributed by atoms with E-state index in [0.29, 0.717) is 0 Å². The van der Waals surface area contributed by atoms with Crippen LogP contribution in [0.3, 0.4) is 0 Å². The van der Waals surface area contributed by atoms with Crippen LogP contribution in [0.1, 0.15) is 45.4 Å². The molecule has 0 bridgehead atoms. The van der Waals surface area contributed by atoms with Gasteiger partial charge in [-0.1, -0.05) is 26.2 Å². The SMILES string of the molecule is CCCC[C]1CCC1. The molecule has 0 unspecified atom stereocenters. The molecule has 0 amide bonds. The van der Waals surface area contributed by atoms with Crippen LogP contribution in [0, 0.1) is 5.92 Å². The third-order valence-electron chi connectivity index (χ3n) is 1.94. The summed E-state index contributed by atoms with van der Waals surface area (Å²) < 4.78 is 0. The van der Waals surface area contributed by atoms with Crippen LogP contribution in [-0.4, -0.2) is 0 Å². The van der Waals surface area contributed by atoms with E-state index in [0.717, 1.165) is 0 Å². The van der Waals surface area contributed by atoms with Crippen LogP contribution >= 0.6 is 0 Å². The van der Waals surface area contributed by atoms with Crippen molar-refractivity contribution in [3.05, 3.63) is 5.92 Å². The molecule has 0 aliphatic heterocycles. The van der Waals surface area contributed by atoms with Gasteiger partial charge in [-0.15, -0.1) is 0 Å². The second kappa shape index (κ2) is 3.11. The Morgan fingerprint density at radius 3 is 2.50 bits per heavy atom. The van der Waals surface area contributed by atoms with Gasteiger partial charge in [-0.05, 0) is 25.2 Å². The van der Waals surface area contributed by atoms with Crippen molar-refractivity contribution in [2.75, 3.05) is 0 Å². The number of unbranched alkanes of at least 4 members (excludes halogenated alkanes) is 1. The van der Waals surface area contributed by atoms with Gasteiger partial charge in [-0.2, -0.15) is 0 Å². The van der Waals surface area contributed by atoms with Crippen LogP contribution in [0.5, 0.6) is 0 Å². The van der Waals surface area contributed by atoms with Gasteiger partial charge in [0, 0.05) is 0 Å². The number of rotatable bonds is 3. The lowest BCUT2D eigenvalue weighted by Gasteiger charge is -2.23. The molecular formula is C8H15. The Balaban J connectivity index is 1.86. The van der Waals surface area contributed by atoms with Crippen LogP contribution < -0.4 is 0 Å². The fourth-order valence-electron chi connectivity index (χ4n) is 1.10. The summed E-state index contributed by atoms with van der Waals surface area (Å²) in [5.41, 5.74) is 0. The van der Waals surface area contributed by atoms with E-state index in [1.165, 1.54) is 38.5 Å². The first-order valence-corrected chi connectivity index (χ1v) is 3.77. The molecule has 0 heterocycles. The standard InChI is InChI=1S/C8H15/c1-2-3-5-8-6-4-7-8/h2-7H2,1H3. The molecule has 1 saturated carbocycles. The van der Waals surface area contributed by atoms with E-state index in [-0.39, 0.29) is 0 Å². The lowest BCUT2D eigenvalue weighted by atomic mass is 9.82. The summed E-state index contributed by atoms with van der Waals surface area (Å²) in [6, 6.07) is 0. The third-order valence-corrected chi connectivity index (χ3v) is 1.94.